The minimum absolute atomic E-state index is 0.0224. The molecule has 1 heterocycles. The van der Waals surface area contributed by atoms with Crippen LogP contribution in [0.2, 0.25) is 0 Å². The molecule has 1 aromatic heterocycles. The molecule has 206 valence electrons. The lowest BCUT2D eigenvalue weighted by Gasteiger charge is -2.17. The lowest BCUT2D eigenvalue weighted by atomic mass is 9.86. The van der Waals surface area contributed by atoms with Gasteiger partial charge in [0.15, 0.2) is 0 Å². The van der Waals surface area contributed by atoms with Crippen molar-refractivity contribution in [2.45, 2.75) is 6.42 Å². The molecule has 0 amide bonds. The molecule has 1 nitrogen and oxygen atoms in total. The van der Waals surface area contributed by atoms with Crippen LogP contribution in [0.3, 0.4) is 0 Å². The summed E-state index contributed by atoms with van der Waals surface area (Å²) in [7, 11) is 0. The van der Waals surface area contributed by atoms with Crippen LogP contribution in [-0.2, 0) is 6.42 Å². The molecule has 0 aliphatic heterocycles. The van der Waals surface area contributed by atoms with Crippen molar-refractivity contribution in [3.8, 4) is 22.3 Å². The fraction of sp³-hybridized carbons (Fsp3) is 0.0233. The highest BCUT2D eigenvalue weighted by molar-refractivity contribution is 6.17. The minimum Gasteiger partial charge on any atom is -0.455 e. The Morgan fingerprint density at radius 3 is 1.93 bits per heavy atom. The Kier molecular flexibility index (Phi) is 3.44. The summed E-state index contributed by atoms with van der Waals surface area (Å²) >= 11 is 0. The Bertz CT molecular complexity index is 3140. The Morgan fingerprint density at radius 1 is 0.500 bits per heavy atom. The second kappa shape index (κ2) is 9.97. The van der Waals surface area contributed by atoms with Crippen LogP contribution in [0.25, 0.3) is 76.5 Å². The monoisotopic (exact) mass is 573 g/mol. The zero-order chi connectivity index (χ0) is 40.3. The first-order valence-corrected chi connectivity index (χ1v) is 14.2. The topological polar surface area (TPSA) is 13.1 Å². The molecule has 0 bridgehead atoms. The lowest BCUT2D eigenvalue weighted by molar-refractivity contribution is 0.670. The molecule has 1 heteroatoms. The van der Waals surface area contributed by atoms with Gasteiger partial charge in [-0.3, -0.25) is 0 Å². The van der Waals surface area contributed by atoms with Gasteiger partial charge in [-0.25, -0.2) is 0 Å². The van der Waals surface area contributed by atoms with E-state index in [4.69, 9.17) is 16.8 Å². The molecule has 0 aliphatic rings. The fourth-order valence-corrected chi connectivity index (χ4v) is 6.34. The van der Waals surface area contributed by atoms with Gasteiger partial charge in [-0.2, -0.15) is 0 Å². The molecular formula is C43H28O. The summed E-state index contributed by atoms with van der Waals surface area (Å²) < 4.78 is 120. The van der Waals surface area contributed by atoms with Crippen LogP contribution in [-0.4, -0.2) is 0 Å². The zero-order valence-electron chi connectivity index (χ0n) is 36.1. The second-order valence-corrected chi connectivity index (χ2v) is 10.7. The first kappa shape index (κ1) is 15.2. The number of furan rings is 1. The largest absolute Gasteiger partial charge is 0.455 e. The summed E-state index contributed by atoms with van der Waals surface area (Å²) in [5.41, 5.74) is 3.13. The van der Waals surface area contributed by atoms with Crippen LogP contribution in [0.4, 0.5) is 0 Å². The number of rotatable bonds is 4. The Balaban J connectivity index is 1.41. The molecule has 0 atom stereocenters. The predicted octanol–water partition coefficient (Wildman–Crippen LogP) is 12.0. The van der Waals surface area contributed by atoms with Gasteiger partial charge in [-0.1, -0.05) is 145 Å². The van der Waals surface area contributed by atoms with Crippen molar-refractivity contribution < 1.29 is 22.2 Å². The summed E-state index contributed by atoms with van der Waals surface area (Å²) in [6, 6.07) is 18.0. The first-order valence-electron chi connectivity index (χ1n) is 20.7. The summed E-state index contributed by atoms with van der Waals surface area (Å²) in [6.45, 7) is 0. The van der Waals surface area contributed by atoms with E-state index in [0.717, 1.165) is 32.7 Å². The number of hydrogen-bond donors (Lipinski definition) is 0. The normalized spacial score (nSPS) is 15.9. The van der Waals surface area contributed by atoms with E-state index in [9.17, 15) is 5.48 Å². The van der Waals surface area contributed by atoms with E-state index in [1.807, 2.05) is 66.7 Å². The molecule has 0 aliphatic carbocycles. The molecular weight excluding hydrogens is 532 g/mol. The Labute approximate surface area is 273 Å². The van der Waals surface area contributed by atoms with Crippen LogP contribution in [0.1, 0.15) is 28.9 Å². The highest BCUT2D eigenvalue weighted by atomic mass is 16.3. The predicted molar refractivity (Wildman–Crippen MR) is 186 cm³/mol. The summed E-state index contributed by atoms with van der Waals surface area (Å²) in [6.07, 6.45) is -0.493. The van der Waals surface area contributed by atoms with E-state index in [1.54, 1.807) is 12.1 Å². The number of para-hydroxylation sites is 1. The van der Waals surface area contributed by atoms with Gasteiger partial charge in [0.05, 0.1) is 17.8 Å². The number of fused-ring (bicyclic) bond motifs is 6. The van der Waals surface area contributed by atoms with Crippen LogP contribution < -0.4 is 0 Å². The van der Waals surface area contributed by atoms with Crippen molar-refractivity contribution in [3.63, 3.8) is 0 Å². The van der Waals surface area contributed by atoms with Gasteiger partial charge >= 0.3 is 0 Å². The summed E-state index contributed by atoms with van der Waals surface area (Å²) in [4.78, 5) is 0. The van der Waals surface area contributed by atoms with E-state index in [1.165, 1.54) is 0 Å². The fourth-order valence-electron chi connectivity index (χ4n) is 6.34. The van der Waals surface area contributed by atoms with Gasteiger partial charge < -0.3 is 4.42 Å². The number of hydrogen-bond acceptors (Lipinski definition) is 1. The minimum atomic E-state index is -0.618. The van der Waals surface area contributed by atoms with Gasteiger partial charge in [0, 0.05) is 16.3 Å². The molecule has 0 unspecified atom stereocenters. The van der Waals surface area contributed by atoms with Gasteiger partial charge in [-0.15, -0.1) is 0 Å². The standard InChI is InChI=1S/C43H28O/c1-2-12-28(13-3-1)26-40-33-17-6-8-19-36(33)42(37-20-9-7-18-34(37)40)30-24-25-35-39-23-11-22-38(43(39)44-41(35)27-30)32-21-10-15-29-14-4-5-16-31(29)32/h1-25,27H,26H2/i1D,2D,3D,6D,7D,8D,9D,12D,13D,17D,18D,19D,20D. The summed E-state index contributed by atoms with van der Waals surface area (Å²) in [5.74, 6) is 0. The molecule has 9 rings (SSSR count). The van der Waals surface area contributed by atoms with E-state index in [-0.39, 0.29) is 38.2 Å². The average molecular weight is 574 g/mol. The number of benzene rings is 8. The van der Waals surface area contributed by atoms with Gasteiger partial charge in [0.25, 0.3) is 0 Å². The van der Waals surface area contributed by atoms with Crippen LogP contribution in [0.15, 0.2) is 162 Å². The van der Waals surface area contributed by atoms with Crippen molar-refractivity contribution in [1.29, 1.82) is 0 Å². The highest BCUT2D eigenvalue weighted by Crippen LogP contribution is 2.43. The highest BCUT2D eigenvalue weighted by Gasteiger charge is 2.18. The van der Waals surface area contributed by atoms with Crippen molar-refractivity contribution in [2.75, 3.05) is 0 Å². The van der Waals surface area contributed by atoms with Crippen LogP contribution in [0, 0.1) is 0 Å². The maximum Gasteiger partial charge on any atom is 0.143 e. The van der Waals surface area contributed by atoms with Crippen LogP contribution >= 0.6 is 0 Å². The Hall–Kier alpha value is -5.66. The van der Waals surface area contributed by atoms with Crippen LogP contribution in [0.5, 0.6) is 0 Å². The maximum atomic E-state index is 9.24. The van der Waals surface area contributed by atoms with Gasteiger partial charge in [0.1, 0.15) is 11.2 Å². The van der Waals surface area contributed by atoms with Crippen molar-refractivity contribution in [3.05, 3.63) is 169 Å². The SMILES string of the molecule is [2H]c1c([2H])c([2H])c(Cc2c3c([2H])c([2H])c([2H])c([2H])c3c(-c3ccc4c(c3)oc3c(-c5cccc6ccccc56)cccc34)c3c([2H])c([2H])c([2H])c([2H])c23)c([2H])c1[2H]. The molecule has 8 aromatic carbocycles. The molecule has 44 heavy (non-hydrogen) atoms. The molecule has 0 saturated carbocycles. The first-order chi connectivity index (χ1) is 27.2. The third kappa shape index (κ3) is 3.87. The molecule has 0 spiro atoms. The van der Waals surface area contributed by atoms with Gasteiger partial charge in [0.2, 0.25) is 0 Å². The molecule has 0 N–H and O–H groups in total. The maximum absolute atomic E-state index is 9.24. The summed E-state index contributed by atoms with van der Waals surface area (Å²) in [5, 5.41) is 3.40. The quantitative estimate of drug-likeness (QED) is 0.191. The van der Waals surface area contributed by atoms with E-state index in [0.29, 0.717) is 16.7 Å². The third-order valence-electron chi connectivity index (χ3n) is 8.25. The zero-order valence-corrected chi connectivity index (χ0v) is 23.1. The van der Waals surface area contributed by atoms with Crippen molar-refractivity contribution in [1.82, 2.24) is 0 Å². The van der Waals surface area contributed by atoms with E-state index in [2.05, 4.69) is 0 Å². The molecule has 0 radical (unpaired) electrons. The average Bonchev–Trinajstić information content (AvgIpc) is 3.60. The van der Waals surface area contributed by atoms with Crippen molar-refractivity contribution in [2.24, 2.45) is 0 Å². The van der Waals surface area contributed by atoms with E-state index < -0.39 is 85.0 Å². The lowest BCUT2D eigenvalue weighted by Crippen LogP contribution is -1.95. The van der Waals surface area contributed by atoms with Crippen molar-refractivity contribution >= 4 is 54.3 Å². The second-order valence-electron chi connectivity index (χ2n) is 10.7. The molecule has 0 saturated heterocycles. The molecule has 0 fully saturated rings. The third-order valence-corrected chi connectivity index (χ3v) is 8.25. The molecule has 9 aromatic rings. The Morgan fingerprint density at radius 2 is 1.14 bits per heavy atom. The smallest absolute Gasteiger partial charge is 0.143 e. The van der Waals surface area contributed by atoms with E-state index >= 15 is 0 Å². The van der Waals surface area contributed by atoms with Gasteiger partial charge in [-0.05, 0) is 78.7 Å².